The van der Waals surface area contributed by atoms with Crippen LogP contribution in [0.3, 0.4) is 0 Å². The predicted octanol–water partition coefficient (Wildman–Crippen LogP) is 3.98. The first kappa shape index (κ1) is 17.8. The maximum absolute atomic E-state index is 14.5. The van der Waals surface area contributed by atoms with Crippen LogP contribution in [0.2, 0.25) is 9.88 Å². The SMILES string of the molecule is [CH3][Sn]([CH3])([Cl])[c]1ccccc1P(=O)(c1ccccc1)c1ccccc1. The van der Waals surface area contributed by atoms with Crippen molar-refractivity contribution in [1.82, 2.24) is 0 Å². The Balaban J connectivity index is 2.36. The molecular weight excluding hydrogens is 441 g/mol. The van der Waals surface area contributed by atoms with E-state index >= 15 is 0 Å². The van der Waals surface area contributed by atoms with E-state index in [2.05, 4.69) is 15.9 Å². The van der Waals surface area contributed by atoms with Gasteiger partial charge in [0.05, 0.1) is 0 Å². The van der Waals surface area contributed by atoms with Gasteiger partial charge < -0.3 is 0 Å². The Morgan fingerprint density at radius 1 is 0.708 bits per heavy atom. The van der Waals surface area contributed by atoms with Crippen LogP contribution in [0.25, 0.3) is 0 Å². The second-order valence-electron chi connectivity index (χ2n) is 6.27. The summed E-state index contributed by atoms with van der Waals surface area (Å²) in [7, 11) is 3.89. The van der Waals surface area contributed by atoms with Crippen LogP contribution >= 0.6 is 16.1 Å². The summed E-state index contributed by atoms with van der Waals surface area (Å²) in [5.41, 5.74) is 0. The summed E-state index contributed by atoms with van der Waals surface area (Å²) in [6.45, 7) is 0. The van der Waals surface area contributed by atoms with Crippen molar-refractivity contribution in [3.05, 3.63) is 84.9 Å². The molecule has 0 saturated heterocycles. The van der Waals surface area contributed by atoms with Crippen LogP contribution in [-0.2, 0) is 4.57 Å². The molecule has 122 valence electrons. The quantitative estimate of drug-likeness (QED) is 0.425. The monoisotopic (exact) mass is 462 g/mol. The zero-order valence-corrected chi connectivity index (χ0v) is 18.3. The van der Waals surface area contributed by atoms with E-state index in [4.69, 9.17) is 8.92 Å². The standard InChI is InChI=1S/C18H14OP.2CH3.ClH.Sn/c19-20(16-10-4-1-5-11-16,17-12-6-2-7-13-17)18-14-8-3-9-15-18;;;;/h1-14H;2*1H3;1H;/q;;;;+1/p-1. The molecule has 3 aromatic carbocycles. The Morgan fingerprint density at radius 2 is 1.12 bits per heavy atom. The molecule has 1 nitrogen and oxygen atoms in total. The Morgan fingerprint density at radius 3 is 1.58 bits per heavy atom. The van der Waals surface area contributed by atoms with Gasteiger partial charge in [-0.05, 0) is 0 Å². The predicted molar refractivity (Wildman–Crippen MR) is 109 cm³/mol. The van der Waals surface area contributed by atoms with Gasteiger partial charge in [0.15, 0.2) is 0 Å². The Hall–Kier alpha value is -1.02. The molecule has 24 heavy (non-hydrogen) atoms. The van der Waals surface area contributed by atoms with Gasteiger partial charge in [0.25, 0.3) is 0 Å². The average molecular weight is 462 g/mol. The van der Waals surface area contributed by atoms with Crippen molar-refractivity contribution in [2.45, 2.75) is 9.88 Å². The zero-order valence-electron chi connectivity index (χ0n) is 13.8. The zero-order chi connectivity index (χ0) is 17.2. The van der Waals surface area contributed by atoms with Crippen molar-refractivity contribution in [3.8, 4) is 0 Å². The number of benzene rings is 3. The molecule has 0 radical (unpaired) electrons. The molecule has 0 heterocycles. The molecule has 0 atom stereocenters. The average Bonchev–Trinajstić information content (AvgIpc) is 2.62. The molecule has 0 spiro atoms. The topological polar surface area (TPSA) is 17.1 Å². The fourth-order valence-corrected chi connectivity index (χ4v) is 13.9. The number of halogens is 1. The van der Waals surface area contributed by atoms with E-state index in [1.54, 1.807) is 0 Å². The molecule has 0 aromatic heterocycles. The Labute approximate surface area is 151 Å². The van der Waals surface area contributed by atoms with Gasteiger partial charge in [-0.25, -0.2) is 0 Å². The van der Waals surface area contributed by atoms with Gasteiger partial charge in [-0.2, -0.15) is 0 Å². The molecular formula is C20H20ClOPSn. The first-order chi connectivity index (χ1) is 11.4. The summed E-state index contributed by atoms with van der Waals surface area (Å²) >= 11 is -2.95. The molecule has 4 heteroatoms. The third-order valence-electron chi connectivity index (χ3n) is 4.12. The fraction of sp³-hybridized carbons (Fsp3) is 0.100. The van der Waals surface area contributed by atoms with Crippen LogP contribution in [0.4, 0.5) is 0 Å². The van der Waals surface area contributed by atoms with E-state index in [0.29, 0.717) is 0 Å². The molecule has 0 fully saturated rings. The molecule has 3 aromatic rings. The van der Waals surface area contributed by atoms with Crippen molar-refractivity contribution in [1.29, 1.82) is 0 Å². The van der Waals surface area contributed by atoms with Gasteiger partial charge >= 0.3 is 152 Å². The summed E-state index contributed by atoms with van der Waals surface area (Å²) in [4.78, 5) is 4.30. The van der Waals surface area contributed by atoms with Crippen molar-refractivity contribution in [2.24, 2.45) is 0 Å². The van der Waals surface area contributed by atoms with Gasteiger partial charge in [-0.3, -0.25) is 0 Å². The minimum absolute atomic E-state index is 0.857. The van der Waals surface area contributed by atoms with Gasteiger partial charge in [-0.1, -0.05) is 0 Å². The van der Waals surface area contributed by atoms with Crippen LogP contribution < -0.4 is 19.5 Å². The molecule has 0 unspecified atom stereocenters. The van der Waals surface area contributed by atoms with Crippen molar-refractivity contribution in [3.63, 3.8) is 0 Å². The molecule has 0 aliphatic heterocycles. The summed E-state index contributed by atoms with van der Waals surface area (Å²) in [5.74, 6) is 0. The van der Waals surface area contributed by atoms with Crippen LogP contribution in [0, 0.1) is 0 Å². The van der Waals surface area contributed by atoms with Crippen molar-refractivity contribution in [2.75, 3.05) is 0 Å². The van der Waals surface area contributed by atoms with E-state index in [9.17, 15) is 4.57 Å². The summed E-state index contributed by atoms with van der Waals surface area (Å²) < 4.78 is 15.6. The normalized spacial score (nSPS) is 12.1. The van der Waals surface area contributed by atoms with E-state index in [-0.39, 0.29) is 0 Å². The molecule has 0 amide bonds. The van der Waals surface area contributed by atoms with Crippen LogP contribution in [0.5, 0.6) is 0 Å². The molecule has 0 aliphatic rings. The van der Waals surface area contributed by atoms with Crippen LogP contribution in [-0.4, -0.2) is 17.3 Å². The van der Waals surface area contributed by atoms with E-state index in [1.807, 2.05) is 78.9 Å². The van der Waals surface area contributed by atoms with E-state index < -0.39 is 24.4 Å². The summed E-state index contributed by atoms with van der Waals surface area (Å²) in [6, 6.07) is 27.6. The molecule has 0 bridgehead atoms. The second kappa shape index (κ2) is 7.07. The first-order valence-corrected chi connectivity index (χ1v) is 20.4. The molecule has 0 aliphatic carbocycles. The molecule has 0 saturated carbocycles. The van der Waals surface area contributed by atoms with E-state index in [1.165, 1.54) is 0 Å². The van der Waals surface area contributed by atoms with Crippen molar-refractivity contribution < 1.29 is 4.57 Å². The van der Waals surface area contributed by atoms with E-state index in [0.717, 1.165) is 19.5 Å². The maximum atomic E-state index is 14.5. The van der Waals surface area contributed by atoms with Crippen molar-refractivity contribution >= 4 is 52.8 Å². The summed E-state index contributed by atoms with van der Waals surface area (Å²) in [6.07, 6.45) is 0. The minimum atomic E-state index is -2.95. The number of rotatable bonds is 4. The van der Waals surface area contributed by atoms with Crippen LogP contribution in [0.15, 0.2) is 84.9 Å². The third-order valence-corrected chi connectivity index (χ3v) is 14.1. The number of hydrogen-bond acceptors (Lipinski definition) is 1. The van der Waals surface area contributed by atoms with Gasteiger partial charge in [0.2, 0.25) is 0 Å². The summed E-state index contributed by atoms with van der Waals surface area (Å²) in [5, 5.41) is 2.62. The second-order valence-corrected chi connectivity index (χ2v) is 25.3. The first-order valence-electron chi connectivity index (χ1n) is 7.94. The van der Waals surface area contributed by atoms with Gasteiger partial charge in [0, 0.05) is 0 Å². The molecule has 0 N–H and O–H groups in total. The van der Waals surface area contributed by atoms with Gasteiger partial charge in [-0.15, -0.1) is 0 Å². The third kappa shape index (κ3) is 3.35. The van der Waals surface area contributed by atoms with Gasteiger partial charge in [0.1, 0.15) is 0 Å². The number of hydrogen-bond donors (Lipinski definition) is 0. The van der Waals surface area contributed by atoms with Crippen LogP contribution in [0.1, 0.15) is 0 Å². The molecule has 3 rings (SSSR count). The Bertz CT molecular complexity index is 829. The Kier molecular flexibility index (Phi) is 5.24. The fourth-order valence-electron chi connectivity index (χ4n) is 2.95.